The molecule has 0 aliphatic rings. The number of anilines is 1. The Morgan fingerprint density at radius 1 is 1.16 bits per heavy atom. The number of carbonyl (C=O) groups is 1. The first-order valence-electron chi connectivity index (χ1n) is 9.81. The largest absolute Gasteiger partial charge is 0.506 e. The number of thiophene rings is 2. The summed E-state index contributed by atoms with van der Waals surface area (Å²) in [5.41, 5.74) is 6.29. The molecule has 0 unspecified atom stereocenters. The highest BCUT2D eigenvalue weighted by Crippen LogP contribution is 2.39. The van der Waals surface area contributed by atoms with Crippen LogP contribution >= 0.6 is 34.9 Å². The summed E-state index contributed by atoms with van der Waals surface area (Å²) >= 11 is 7.96. The van der Waals surface area contributed by atoms with Gasteiger partial charge < -0.3 is 15.2 Å². The molecule has 9 heteroatoms. The summed E-state index contributed by atoms with van der Waals surface area (Å²) in [6.07, 6.45) is 0. The minimum Gasteiger partial charge on any atom is -0.506 e. The van der Waals surface area contributed by atoms with Crippen LogP contribution in [0.2, 0.25) is 0 Å². The lowest BCUT2D eigenvalue weighted by atomic mass is 9.86. The molecule has 0 radical (unpaired) electrons. The van der Waals surface area contributed by atoms with Gasteiger partial charge in [-0.3, -0.25) is 5.43 Å². The van der Waals surface area contributed by atoms with Crippen LogP contribution in [0, 0.1) is 0 Å². The molecular formula is C23H25N3O3S3. The van der Waals surface area contributed by atoms with E-state index in [0.717, 1.165) is 10.4 Å². The number of nitrogens with one attached hydrogen (secondary N) is 2. The van der Waals surface area contributed by atoms with Gasteiger partial charge in [0.15, 0.2) is 5.11 Å². The van der Waals surface area contributed by atoms with Crippen LogP contribution in [0.1, 0.15) is 48.5 Å². The van der Waals surface area contributed by atoms with Crippen LogP contribution in [-0.4, -0.2) is 29.0 Å². The van der Waals surface area contributed by atoms with Crippen LogP contribution in [0.4, 0.5) is 5.00 Å². The normalized spacial score (nSPS) is 11.8. The third kappa shape index (κ3) is 5.53. The molecule has 0 fully saturated rings. The number of rotatable bonds is 5. The van der Waals surface area contributed by atoms with Gasteiger partial charge in [0, 0.05) is 5.38 Å². The fourth-order valence-corrected chi connectivity index (χ4v) is 4.95. The van der Waals surface area contributed by atoms with Crippen LogP contribution in [0.3, 0.4) is 0 Å². The third-order valence-electron chi connectivity index (χ3n) is 4.72. The van der Waals surface area contributed by atoms with Crippen LogP contribution < -0.4 is 10.7 Å². The topological polar surface area (TPSA) is 83.0 Å². The predicted molar refractivity (Wildman–Crippen MR) is 137 cm³/mol. The Bertz CT molecular complexity index is 1160. The Morgan fingerprint density at radius 2 is 1.84 bits per heavy atom. The highest BCUT2D eigenvalue weighted by Gasteiger charge is 2.17. The van der Waals surface area contributed by atoms with Crippen molar-refractivity contribution in [2.45, 2.75) is 33.1 Å². The molecule has 0 aliphatic heterocycles. The lowest BCUT2D eigenvalue weighted by Gasteiger charge is -2.19. The minimum atomic E-state index is -0.396. The lowest BCUT2D eigenvalue weighted by Crippen LogP contribution is -2.24. The standard InChI is InChI=1S/C23H25N3O3S3/c1-13(25-26-22(30)24-18-11-10-17(32-18)21(28)29-5)16-12-31-20(19(16)27)14-6-8-15(9-7-14)23(2,3)4/h6-12,27H,1-5H3,(H2,24,26,30)/b25-13+. The zero-order valence-corrected chi connectivity index (χ0v) is 20.9. The zero-order chi connectivity index (χ0) is 23.5. The molecule has 0 saturated carbocycles. The molecular weight excluding hydrogens is 462 g/mol. The van der Waals surface area contributed by atoms with Crippen LogP contribution in [0.5, 0.6) is 5.75 Å². The molecule has 3 N–H and O–H groups in total. The summed E-state index contributed by atoms with van der Waals surface area (Å²) in [5, 5.41) is 20.9. The number of thiocarbonyl (C=S) groups is 1. The average Bonchev–Trinajstić information content (AvgIpc) is 3.37. The number of esters is 1. The van der Waals surface area contributed by atoms with E-state index in [1.165, 1.54) is 35.3 Å². The number of nitrogens with zero attached hydrogens (tertiary/aromatic N) is 1. The molecule has 0 amide bonds. The van der Waals surface area contributed by atoms with Gasteiger partial charge in [-0.2, -0.15) is 5.10 Å². The molecule has 3 rings (SSSR count). The maximum Gasteiger partial charge on any atom is 0.348 e. The second-order valence-corrected chi connectivity index (χ2v) is 10.4. The van der Waals surface area contributed by atoms with E-state index in [0.29, 0.717) is 21.2 Å². The second-order valence-electron chi connectivity index (χ2n) is 8.07. The van der Waals surface area contributed by atoms with Gasteiger partial charge >= 0.3 is 5.97 Å². The first kappa shape index (κ1) is 23.9. The Hall–Kier alpha value is -2.75. The summed E-state index contributed by atoms with van der Waals surface area (Å²) < 4.78 is 4.70. The minimum absolute atomic E-state index is 0.0759. The summed E-state index contributed by atoms with van der Waals surface area (Å²) in [5.74, 6) is -0.200. The van der Waals surface area contributed by atoms with E-state index < -0.39 is 5.97 Å². The molecule has 0 aliphatic carbocycles. The molecule has 168 valence electrons. The van der Waals surface area contributed by atoms with Crippen molar-refractivity contribution >= 4 is 56.7 Å². The second kappa shape index (κ2) is 9.81. The van der Waals surface area contributed by atoms with E-state index in [1.807, 2.05) is 17.5 Å². The number of hydrogen-bond donors (Lipinski definition) is 3. The molecule has 6 nitrogen and oxygen atoms in total. The van der Waals surface area contributed by atoms with Crippen molar-refractivity contribution in [3.8, 4) is 16.2 Å². The highest BCUT2D eigenvalue weighted by molar-refractivity contribution is 7.80. The number of aromatic hydroxyl groups is 1. The molecule has 3 aromatic rings. The molecule has 0 spiro atoms. The average molecular weight is 488 g/mol. The first-order valence-corrected chi connectivity index (χ1v) is 11.9. The lowest BCUT2D eigenvalue weighted by molar-refractivity contribution is 0.0606. The smallest absolute Gasteiger partial charge is 0.348 e. The maximum atomic E-state index is 11.5. The molecule has 0 saturated heterocycles. The molecule has 0 bridgehead atoms. The van der Waals surface area contributed by atoms with Gasteiger partial charge in [-0.25, -0.2) is 4.79 Å². The SMILES string of the molecule is COC(=O)c1ccc(NC(=S)N/N=C(\C)c2csc(-c3ccc(C(C)(C)C)cc3)c2O)s1. The van der Waals surface area contributed by atoms with E-state index in [9.17, 15) is 9.90 Å². The van der Waals surface area contributed by atoms with Gasteiger partial charge in [0.2, 0.25) is 0 Å². The summed E-state index contributed by atoms with van der Waals surface area (Å²) in [7, 11) is 1.34. The molecule has 2 aromatic heterocycles. The molecule has 1 aromatic carbocycles. The molecule has 0 atom stereocenters. The van der Waals surface area contributed by atoms with Gasteiger partial charge in [-0.05, 0) is 47.8 Å². The Morgan fingerprint density at radius 3 is 2.47 bits per heavy atom. The number of benzene rings is 1. The number of carbonyl (C=O) groups excluding carboxylic acids is 1. The summed E-state index contributed by atoms with van der Waals surface area (Å²) in [6, 6.07) is 11.7. The van der Waals surface area contributed by atoms with E-state index in [4.69, 9.17) is 17.0 Å². The fraction of sp³-hybridized carbons (Fsp3) is 0.261. The summed E-state index contributed by atoms with van der Waals surface area (Å²) in [6.45, 7) is 8.31. The van der Waals surface area contributed by atoms with Gasteiger partial charge in [0.1, 0.15) is 10.6 Å². The highest BCUT2D eigenvalue weighted by atomic mass is 32.1. The van der Waals surface area contributed by atoms with Crippen molar-refractivity contribution in [3.63, 3.8) is 0 Å². The third-order valence-corrected chi connectivity index (χ3v) is 6.91. The quantitative estimate of drug-likeness (QED) is 0.178. The number of ether oxygens (including phenoxy) is 1. The van der Waals surface area contributed by atoms with E-state index >= 15 is 0 Å². The van der Waals surface area contributed by atoms with Crippen molar-refractivity contribution in [2.75, 3.05) is 12.4 Å². The summed E-state index contributed by atoms with van der Waals surface area (Å²) in [4.78, 5) is 12.8. The van der Waals surface area contributed by atoms with Crippen LogP contribution in [0.25, 0.3) is 10.4 Å². The Kier molecular flexibility index (Phi) is 7.33. The van der Waals surface area contributed by atoms with Gasteiger partial charge in [-0.15, -0.1) is 22.7 Å². The molecule has 32 heavy (non-hydrogen) atoms. The fourth-order valence-electron chi connectivity index (χ4n) is 2.88. The van der Waals surface area contributed by atoms with Crippen molar-refractivity contribution in [1.82, 2.24) is 5.43 Å². The van der Waals surface area contributed by atoms with Crippen molar-refractivity contribution in [1.29, 1.82) is 0 Å². The van der Waals surface area contributed by atoms with Crippen LogP contribution in [0.15, 0.2) is 46.9 Å². The maximum absolute atomic E-state index is 11.5. The van der Waals surface area contributed by atoms with Crippen molar-refractivity contribution in [3.05, 3.63) is 57.8 Å². The number of hydrogen-bond acceptors (Lipinski definition) is 7. The monoisotopic (exact) mass is 487 g/mol. The van der Waals surface area contributed by atoms with Crippen molar-refractivity contribution in [2.24, 2.45) is 5.10 Å². The Balaban J connectivity index is 1.68. The van der Waals surface area contributed by atoms with E-state index in [1.54, 1.807) is 19.1 Å². The predicted octanol–water partition coefficient (Wildman–Crippen LogP) is 5.98. The van der Waals surface area contributed by atoms with Gasteiger partial charge in [0.25, 0.3) is 0 Å². The van der Waals surface area contributed by atoms with E-state index in [-0.39, 0.29) is 16.3 Å². The van der Waals surface area contributed by atoms with Crippen LogP contribution in [-0.2, 0) is 10.2 Å². The van der Waals surface area contributed by atoms with Crippen molar-refractivity contribution < 1.29 is 14.6 Å². The number of methoxy groups -OCH3 is 1. The first-order chi connectivity index (χ1) is 15.1. The molecule has 2 heterocycles. The van der Waals surface area contributed by atoms with Gasteiger partial charge in [0.05, 0.1) is 28.3 Å². The van der Waals surface area contributed by atoms with Gasteiger partial charge in [-0.1, -0.05) is 45.0 Å². The number of hydrazone groups is 1. The Labute approximate surface area is 201 Å². The zero-order valence-electron chi connectivity index (χ0n) is 18.5. The van der Waals surface area contributed by atoms with E-state index in [2.05, 4.69) is 48.7 Å².